The summed E-state index contributed by atoms with van der Waals surface area (Å²) in [6, 6.07) is 9.90. The smallest absolute Gasteiger partial charge is 0.406 e. The van der Waals surface area contributed by atoms with E-state index in [4.69, 9.17) is 11.6 Å². The lowest BCUT2D eigenvalue weighted by molar-refractivity contribution is -0.274. The van der Waals surface area contributed by atoms with E-state index in [2.05, 4.69) is 9.46 Å². The average Bonchev–Trinajstić information content (AvgIpc) is 2.39. The van der Waals surface area contributed by atoms with Crippen LogP contribution in [-0.2, 0) is 10.0 Å². The first kappa shape index (κ1) is 16.4. The number of alkyl halides is 3. The molecule has 0 aliphatic carbocycles. The second-order valence-corrected chi connectivity index (χ2v) is 6.25. The molecular weight excluding hydrogens is 343 g/mol. The summed E-state index contributed by atoms with van der Waals surface area (Å²) in [5.41, 5.74) is 0.0921. The Labute approximate surface area is 129 Å². The summed E-state index contributed by atoms with van der Waals surface area (Å²) in [5.74, 6) is -0.446. The highest BCUT2D eigenvalue weighted by molar-refractivity contribution is 7.92. The van der Waals surface area contributed by atoms with Crippen LogP contribution in [0.3, 0.4) is 0 Å². The summed E-state index contributed by atoms with van der Waals surface area (Å²) < 4.78 is 66.2. The first-order valence-corrected chi connectivity index (χ1v) is 7.66. The van der Waals surface area contributed by atoms with Gasteiger partial charge in [-0.3, -0.25) is 4.72 Å². The fourth-order valence-corrected chi connectivity index (χ4v) is 2.93. The molecule has 9 heteroatoms. The molecule has 0 saturated carbocycles. The Bertz CT molecular complexity index is 761. The van der Waals surface area contributed by atoms with E-state index in [1.807, 2.05) is 0 Å². The quantitative estimate of drug-likeness (QED) is 0.904. The van der Waals surface area contributed by atoms with Crippen molar-refractivity contribution in [1.29, 1.82) is 0 Å². The van der Waals surface area contributed by atoms with Crippen molar-refractivity contribution < 1.29 is 26.3 Å². The number of ether oxygens (including phenoxy) is 1. The van der Waals surface area contributed by atoms with Crippen LogP contribution >= 0.6 is 11.6 Å². The molecule has 22 heavy (non-hydrogen) atoms. The maximum Gasteiger partial charge on any atom is 0.573 e. The number of rotatable bonds is 4. The molecule has 2 aromatic carbocycles. The van der Waals surface area contributed by atoms with Crippen molar-refractivity contribution >= 4 is 27.3 Å². The van der Waals surface area contributed by atoms with Crippen LogP contribution in [0.1, 0.15) is 0 Å². The summed E-state index contributed by atoms with van der Waals surface area (Å²) >= 11 is 5.72. The largest absolute Gasteiger partial charge is 0.573 e. The molecule has 0 aliphatic heterocycles. The van der Waals surface area contributed by atoms with Crippen molar-refractivity contribution in [2.75, 3.05) is 4.72 Å². The average molecular weight is 352 g/mol. The third-order valence-corrected chi connectivity index (χ3v) is 4.06. The molecule has 0 fully saturated rings. The molecule has 0 atom stereocenters. The van der Waals surface area contributed by atoms with Gasteiger partial charge in [0.1, 0.15) is 5.75 Å². The van der Waals surface area contributed by atoms with E-state index in [1.165, 1.54) is 24.3 Å². The zero-order valence-electron chi connectivity index (χ0n) is 10.8. The first-order valence-electron chi connectivity index (χ1n) is 5.80. The minimum Gasteiger partial charge on any atom is -0.406 e. The topological polar surface area (TPSA) is 55.4 Å². The van der Waals surface area contributed by atoms with Crippen molar-refractivity contribution in [3.8, 4) is 5.75 Å². The van der Waals surface area contributed by atoms with Gasteiger partial charge in [-0.25, -0.2) is 8.42 Å². The van der Waals surface area contributed by atoms with E-state index in [0.29, 0.717) is 0 Å². The number of hydrogen-bond acceptors (Lipinski definition) is 3. The van der Waals surface area contributed by atoms with Crippen LogP contribution < -0.4 is 9.46 Å². The number of nitrogens with one attached hydrogen (secondary N) is 1. The van der Waals surface area contributed by atoms with E-state index in [1.54, 1.807) is 0 Å². The Morgan fingerprint density at radius 1 is 1.05 bits per heavy atom. The van der Waals surface area contributed by atoms with Crippen molar-refractivity contribution in [2.24, 2.45) is 0 Å². The van der Waals surface area contributed by atoms with Gasteiger partial charge in [0.15, 0.2) is 0 Å². The van der Waals surface area contributed by atoms with Crippen LogP contribution in [0.2, 0.25) is 5.02 Å². The highest BCUT2D eigenvalue weighted by atomic mass is 35.5. The summed E-state index contributed by atoms with van der Waals surface area (Å²) in [5, 5.41) is 0.247. The van der Waals surface area contributed by atoms with Gasteiger partial charge in [-0.15, -0.1) is 13.2 Å². The molecule has 0 heterocycles. The van der Waals surface area contributed by atoms with E-state index >= 15 is 0 Å². The van der Waals surface area contributed by atoms with Crippen LogP contribution in [0.5, 0.6) is 5.75 Å². The molecule has 0 aliphatic rings. The SMILES string of the molecule is O=S(=O)(Nc1ccc(OC(F)(F)F)cc1)c1cccc(Cl)c1. The normalized spacial score (nSPS) is 12.0. The Morgan fingerprint density at radius 2 is 1.68 bits per heavy atom. The molecule has 4 nitrogen and oxygen atoms in total. The Kier molecular flexibility index (Phi) is 4.52. The molecule has 0 spiro atoms. The molecule has 0 unspecified atom stereocenters. The van der Waals surface area contributed by atoms with Gasteiger partial charge in [0.25, 0.3) is 10.0 Å². The predicted octanol–water partition coefficient (Wildman–Crippen LogP) is 4.04. The van der Waals surface area contributed by atoms with Crippen molar-refractivity contribution in [3.05, 3.63) is 53.6 Å². The molecule has 0 bridgehead atoms. The zero-order valence-corrected chi connectivity index (χ0v) is 12.3. The van der Waals surface area contributed by atoms with E-state index in [0.717, 1.165) is 24.3 Å². The third kappa shape index (κ3) is 4.54. The van der Waals surface area contributed by atoms with Gasteiger partial charge in [-0.2, -0.15) is 0 Å². The molecule has 1 N–H and O–H groups in total. The highest BCUT2D eigenvalue weighted by Gasteiger charge is 2.31. The van der Waals surface area contributed by atoms with E-state index < -0.39 is 22.1 Å². The van der Waals surface area contributed by atoms with Crippen LogP contribution in [0.15, 0.2) is 53.4 Å². The number of hydrogen-bond donors (Lipinski definition) is 1. The molecular formula is C13H9ClF3NO3S. The van der Waals surface area contributed by atoms with Crippen LogP contribution in [0.25, 0.3) is 0 Å². The summed E-state index contributed by atoms with van der Waals surface area (Å²) in [7, 11) is -3.88. The predicted molar refractivity (Wildman–Crippen MR) is 75.4 cm³/mol. The number of benzene rings is 2. The van der Waals surface area contributed by atoms with Gasteiger partial charge in [-0.1, -0.05) is 17.7 Å². The van der Waals surface area contributed by atoms with Gasteiger partial charge >= 0.3 is 6.36 Å². The maximum atomic E-state index is 12.1. The van der Waals surface area contributed by atoms with Crippen molar-refractivity contribution in [2.45, 2.75) is 11.3 Å². The molecule has 0 aromatic heterocycles. The molecule has 0 saturated heterocycles. The highest BCUT2D eigenvalue weighted by Crippen LogP contribution is 2.25. The second-order valence-electron chi connectivity index (χ2n) is 4.14. The minimum atomic E-state index is -4.80. The fraction of sp³-hybridized carbons (Fsp3) is 0.0769. The molecule has 2 rings (SSSR count). The lowest BCUT2D eigenvalue weighted by Gasteiger charge is -2.11. The Balaban J connectivity index is 2.17. The summed E-state index contributed by atoms with van der Waals surface area (Å²) in [6.45, 7) is 0. The Morgan fingerprint density at radius 3 is 2.23 bits per heavy atom. The molecule has 0 radical (unpaired) electrons. The lowest BCUT2D eigenvalue weighted by atomic mass is 10.3. The lowest BCUT2D eigenvalue weighted by Crippen LogP contribution is -2.17. The monoisotopic (exact) mass is 351 g/mol. The van der Waals surface area contributed by atoms with Crippen molar-refractivity contribution in [1.82, 2.24) is 0 Å². The Hall–Kier alpha value is -1.93. The molecule has 0 amide bonds. The van der Waals surface area contributed by atoms with Gasteiger partial charge in [0.05, 0.1) is 4.90 Å². The standard InChI is InChI=1S/C13H9ClF3NO3S/c14-9-2-1-3-12(8-9)22(19,20)18-10-4-6-11(7-5-10)21-13(15,16)17/h1-8,18H. The number of anilines is 1. The van der Waals surface area contributed by atoms with E-state index in [-0.39, 0.29) is 15.6 Å². The minimum absolute atomic E-state index is 0.0596. The molecule has 2 aromatic rings. The zero-order chi connectivity index (χ0) is 16.4. The molecule has 118 valence electrons. The first-order chi connectivity index (χ1) is 10.2. The van der Waals surface area contributed by atoms with E-state index in [9.17, 15) is 21.6 Å². The third-order valence-electron chi connectivity index (χ3n) is 2.45. The second kappa shape index (κ2) is 6.05. The number of halogens is 4. The number of sulfonamides is 1. The van der Waals surface area contributed by atoms with Crippen LogP contribution in [0.4, 0.5) is 18.9 Å². The summed E-state index contributed by atoms with van der Waals surface area (Å²) in [6.07, 6.45) is -4.80. The summed E-state index contributed by atoms with van der Waals surface area (Å²) in [4.78, 5) is -0.0596. The van der Waals surface area contributed by atoms with Gasteiger partial charge in [-0.05, 0) is 42.5 Å². The van der Waals surface area contributed by atoms with Gasteiger partial charge < -0.3 is 4.74 Å². The maximum absolute atomic E-state index is 12.1. The fourth-order valence-electron chi connectivity index (χ4n) is 1.57. The van der Waals surface area contributed by atoms with Crippen LogP contribution in [-0.4, -0.2) is 14.8 Å². The van der Waals surface area contributed by atoms with Crippen LogP contribution in [0, 0.1) is 0 Å². The van der Waals surface area contributed by atoms with Gasteiger partial charge in [0, 0.05) is 10.7 Å². The van der Waals surface area contributed by atoms with Gasteiger partial charge in [0.2, 0.25) is 0 Å². The van der Waals surface area contributed by atoms with Crippen molar-refractivity contribution in [3.63, 3.8) is 0 Å².